The van der Waals surface area contributed by atoms with Crippen LogP contribution in [0, 0.1) is 6.92 Å². The van der Waals surface area contributed by atoms with E-state index in [1.807, 2.05) is 25.5 Å². The van der Waals surface area contributed by atoms with E-state index in [9.17, 15) is 0 Å². The molecule has 0 spiro atoms. The Morgan fingerprint density at radius 3 is 2.58 bits per heavy atom. The zero-order chi connectivity index (χ0) is 9.30. The van der Waals surface area contributed by atoms with Gasteiger partial charge in [0.1, 0.15) is 4.99 Å². The second-order valence-corrected chi connectivity index (χ2v) is 5.32. The van der Waals surface area contributed by atoms with Crippen LogP contribution in [0.15, 0.2) is 8.78 Å². The lowest BCUT2D eigenvalue weighted by Crippen LogP contribution is -2.12. The molecule has 66 valence electrons. The van der Waals surface area contributed by atoms with Crippen LogP contribution in [0.25, 0.3) is 0 Å². The van der Waals surface area contributed by atoms with Gasteiger partial charge in [0.2, 0.25) is 0 Å². The zero-order valence-corrected chi connectivity index (χ0v) is 10.3. The monoisotopic (exact) mass is 264 g/mol. The smallest absolute Gasteiger partial charge is 0.191 e. The third kappa shape index (κ3) is 2.02. The van der Waals surface area contributed by atoms with Crippen molar-refractivity contribution in [1.82, 2.24) is 4.57 Å². The molecule has 0 saturated heterocycles. The molecule has 1 aromatic heterocycles. The predicted molar refractivity (Wildman–Crippen MR) is 59.6 cm³/mol. The second-order valence-electron chi connectivity index (χ2n) is 2.43. The first-order chi connectivity index (χ1) is 5.52. The average Bonchev–Trinajstić information content (AvgIpc) is 2.17. The van der Waals surface area contributed by atoms with E-state index in [4.69, 9.17) is 12.2 Å². The van der Waals surface area contributed by atoms with Crippen molar-refractivity contribution in [3.63, 3.8) is 0 Å². The van der Waals surface area contributed by atoms with Gasteiger partial charge in [-0.1, -0.05) is 23.6 Å². The number of aromatic nitrogens is 1. The summed E-state index contributed by atoms with van der Waals surface area (Å²) in [5, 5.41) is 0. The van der Waals surface area contributed by atoms with Crippen molar-refractivity contribution in [3.05, 3.63) is 14.3 Å². The lowest BCUT2D eigenvalue weighted by molar-refractivity contribution is 0.835. The van der Waals surface area contributed by atoms with Gasteiger partial charge in [0.15, 0.2) is 4.80 Å². The van der Waals surface area contributed by atoms with E-state index in [0.717, 1.165) is 8.59 Å². The molecular formula is C7H9BrN2S2. The van der Waals surface area contributed by atoms with Crippen molar-refractivity contribution in [2.24, 2.45) is 12.0 Å². The van der Waals surface area contributed by atoms with Crippen LogP contribution in [-0.2, 0) is 7.05 Å². The number of halogens is 1. The minimum Gasteiger partial charge on any atom is -0.323 e. The normalized spacial score (nSPS) is 12.2. The van der Waals surface area contributed by atoms with Crippen LogP contribution < -0.4 is 4.80 Å². The Labute approximate surface area is 89.1 Å². The highest BCUT2D eigenvalue weighted by Crippen LogP contribution is 2.17. The highest BCUT2D eigenvalue weighted by molar-refractivity contribution is 9.11. The van der Waals surface area contributed by atoms with Crippen LogP contribution in [0.2, 0.25) is 0 Å². The Morgan fingerprint density at radius 2 is 2.25 bits per heavy atom. The lowest BCUT2D eigenvalue weighted by Gasteiger charge is -1.93. The van der Waals surface area contributed by atoms with E-state index in [2.05, 4.69) is 20.9 Å². The number of hydrogen-bond acceptors (Lipinski definition) is 2. The summed E-state index contributed by atoms with van der Waals surface area (Å²) < 4.78 is 3.13. The Hall–Kier alpha value is -0.0000000000000000555. The first-order valence-corrected chi connectivity index (χ1v) is 5.41. The molecule has 1 heterocycles. The molecule has 0 N–H and O–H groups in total. The van der Waals surface area contributed by atoms with Gasteiger partial charge in [0, 0.05) is 12.7 Å². The lowest BCUT2D eigenvalue weighted by atomic mass is 10.6. The predicted octanol–water partition coefficient (Wildman–Crippen LogP) is 2.41. The molecule has 0 aliphatic carbocycles. The number of thiocarbonyl (C=S) groups is 1. The first kappa shape index (κ1) is 10.1. The molecule has 0 atom stereocenters. The van der Waals surface area contributed by atoms with E-state index < -0.39 is 0 Å². The van der Waals surface area contributed by atoms with E-state index >= 15 is 0 Å². The van der Waals surface area contributed by atoms with Gasteiger partial charge in [0.05, 0.1) is 3.79 Å². The molecule has 0 bridgehead atoms. The van der Waals surface area contributed by atoms with Crippen LogP contribution >= 0.6 is 39.5 Å². The van der Waals surface area contributed by atoms with Crippen LogP contribution in [0.5, 0.6) is 0 Å². The summed E-state index contributed by atoms with van der Waals surface area (Å²) in [6.07, 6.45) is 0. The summed E-state index contributed by atoms with van der Waals surface area (Å²) in [6.45, 7) is 3.86. The fraction of sp³-hybridized carbons (Fsp3) is 0.429. The van der Waals surface area contributed by atoms with Gasteiger partial charge in [-0.15, -0.1) is 0 Å². The maximum Gasteiger partial charge on any atom is 0.191 e. The van der Waals surface area contributed by atoms with E-state index in [-0.39, 0.29) is 0 Å². The Morgan fingerprint density at radius 1 is 1.67 bits per heavy atom. The third-order valence-corrected chi connectivity index (χ3v) is 3.68. The summed E-state index contributed by atoms with van der Waals surface area (Å²) >= 11 is 9.95. The topological polar surface area (TPSA) is 17.3 Å². The summed E-state index contributed by atoms with van der Waals surface area (Å²) in [5.74, 6) is 0. The van der Waals surface area contributed by atoms with Crippen LogP contribution in [-0.4, -0.2) is 9.56 Å². The van der Waals surface area contributed by atoms with Crippen LogP contribution in [0.1, 0.15) is 12.6 Å². The van der Waals surface area contributed by atoms with Gasteiger partial charge in [-0.3, -0.25) is 0 Å². The molecule has 5 heteroatoms. The summed E-state index contributed by atoms with van der Waals surface area (Å²) in [7, 11) is 1.98. The average molecular weight is 265 g/mol. The SMILES string of the molecule is CC(=S)N=c1sc(Br)c(C)n1C. The Bertz CT molecular complexity index is 375. The molecule has 0 fully saturated rings. The number of hydrogen-bond donors (Lipinski definition) is 0. The van der Waals surface area contributed by atoms with Gasteiger partial charge in [-0.05, 0) is 29.8 Å². The minimum absolute atomic E-state index is 0.666. The molecule has 2 nitrogen and oxygen atoms in total. The fourth-order valence-corrected chi connectivity index (χ4v) is 2.48. The van der Waals surface area contributed by atoms with Crippen molar-refractivity contribution in [2.45, 2.75) is 13.8 Å². The van der Waals surface area contributed by atoms with Crippen molar-refractivity contribution in [3.8, 4) is 0 Å². The van der Waals surface area contributed by atoms with Gasteiger partial charge in [0.25, 0.3) is 0 Å². The molecule has 1 rings (SSSR count). The summed E-state index contributed by atoms with van der Waals surface area (Å²) in [5.41, 5.74) is 1.18. The number of thiazole rings is 1. The zero-order valence-electron chi connectivity index (χ0n) is 7.09. The van der Waals surface area contributed by atoms with Crippen molar-refractivity contribution < 1.29 is 0 Å². The maximum atomic E-state index is 4.90. The second kappa shape index (κ2) is 3.81. The molecule has 0 aliphatic rings. The van der Waals surface area contributed by atoms with E-state index in [0.29, 0.717) is 4.99 Å². The third-order valence-electron chi connectivity index (χ3n) is 1.51. The molecule has 0 amide bonds. The van der Waals surface area contributed by atoms with Gasteiger partial charge < -0.3 is 4.57 Å². The number of nitrogens with zero attached hydrogens (tertiary/aromatic N) is 2. The highest BCUT2D eigenvalue weighted by Gasteiger charge is 2.02. The maximum absolute atomic E-state index is 4.90. The quantitative estimate of drug-likeness (QED) is 0.658. The summed E-state index contributed by atoms with van der Waals surface area (Å²) in [4.78, 5) is 5.83. The largest absolute Gasteiger partial charge is 0.323 e. The molecule has 0 unspecified atom stereocenters. The van der Waals surface area contributed by atoms with Gasteiger partial charge >= 0.3 is 0 Å². The van der Waals surface area contributed by atoms with Crippen molar-refractivity contribution >= 4 is 44.5 Å². The summed E-state index contributed by atoms with van der Waals surface area (Å²) in [6, 6.07) is 0. The molecule has 0 aromatic carbocycles. The molecule has 0 radical (unpaired) electrons. The Balaban J connectivity index is 3.36. The van der Waals surface area contributed by atoms with Gasteiger partial charge in [-0.25, -0.2) is 4.99 Å². The molecule has 1 aromatic rings. The number of rotatable bonds is 0. The molecule has 0 saturated carbocycles. The van der Waals surface area contributed by atoms with Crippen LogP contribution in [0.3, 0.4) is 0 Å². The van der Waals surface area contributed by atoms with E-state index in [1.165, 1.54) is 5.69 Å². The van der Waals surface area contributed by atoms with Crippen LogP contribution in [0.4, 0.5) is 0 Å². The molecule has 12 heavy (non-hydrogen) atoms. The van der Waals surface area contributed by atoms with Crippen molar-refractivity contribution in [1.29, 1.82) is 0 Å². The first-order valence-electron chi connectivity index (χ1n) is 3.39. The highest BCUT2D eigenvalue weighted by atomic mass is 79.9. The van der Waals surface area contributed by atoms with Gasteiger partial charge in [-0.2, -0.15) is 0 Å². The fourth-order valence-electron chi connectivity index (χ4n) is 0.730. The van der Waals surface area contributed by atoms with E-state index in [1.54, 1.807) is 11.3 Å². The van der Waals surface area contributed by atoms with Crippen molar-refractivity contribution in [2.75, 3.05) is 0 Å². The Kier molecular flexibility index (Phi) is 3.20. The standard InChI is InChI=1S/C7H9BrN2S2/c1-4-6(8)12-7(10(4)3)9-5(2)11/h1-3H3. The molecular weight excluding hydrogens is 256 g/mol. The minimum atomic E-state index is 0.666. The molecule has 0 aliphatic heterocycles.